The number of methoxy groups -OCH3 is 1. The zero-order valence-electron chi connectivity index (χ0n) is 15.1. The molecule has 0 atom stereocenters. The van der Waals surface area contributed by atoms with E-state index in [2.05, 4.69) is 26.9 Å². The fraction of sp³-hybridized carbons (Fsp3) is 0.222. The van der Waals surface area contributed by atoms with Gasteiger partial charge in [-0.25, -0.2) is 0 Å². The van der Waals surface area contributed by atoms with Crippen molar-refractivity contribution in [3.05, 3.63) is 52.5 Å². The Hall–Kier alpha value is -2.58. The average molecular weight is 404 g/mol. The van der Waals surface area contributed by atoms with Crippen LogP contribution in [0.3, 0.4) is 0 Å². The van der Waals surface area contributed by atoms with Gasteiger partial charge in [-0.1, -0.05) is 41.1 Å². The molecule has 1 amide bonds. The molecule has 0 bridgehead atoms. The Morgan fingerprint density at radius 2 is 2.07 bits per heavy atom. The molecule has 1 heterocycles. The first-order valence-corrected chi connectivity index (χ1v) is 9.46. The zero-order chi connectivity index (χ0) is 19.4. The first-order valence-electron chi connectivity index (χ1n) is 8.10. The molecule has 1 aromatic heterocycles. The van der Waals surface area contributed by atoms with Crippen LogP contribution in [0.2, 0.25) is 5.02 Å². The van der Waals surface area contributed by atoms with Gasteiger partial charge in [0.1, 0.15) is 5.75 Å². The number of hydrogen-bond donors (Lipinski definition) is 1. The van der Waals surface area contributed by atoms with E-state index >= 15 is 0 Å². The maximum absolute atomic E-state index is 12.2. The smallest absolute Gasteiger partial charge is 0.234 e. The Morgan fingerprint density at radius 3 is 2.78 bits per heavy atom. The van der Waals surface area contributed by atoms with Crippen LogP contribution in [0.1, 0.15) is 11.1 Å². The minimum Gasteiger partial charge on any atom is -0.495 e. The van der Waals surface area contributed by atoms with Crippen molar-refractivity contribution < 1.29 is 9.53 Å². The number of hydrogen-bond acceptors (Lipinski definition) is 6. The number of carbonyl (C=O) groups is 1. The van der Waals surface area contributed by atoms with E-state index in [1.54, 1.807) is 22.9 Å². The van der Waals surface area contributed by atoms with Crippen LogP contribution < -0.4 is 10.1 Å². The summed E-state index contributed by atoms with van der Waals surface area (Å²) in [5, 5.41) is 15.6. The lowest BCUT2D eigenvalue weighted by molar-refractivity contribution is -0.113. The molecule has 3 aromatic rings. The molecule has 0 saturated heterocycles. The van der Waals surface area contributed by atoms with Gasteiger partial charge in [0.05, 0.1) is 23.6 Å². The van der Waals surface area contributed by atoms with Crippen LogP contribution in [0.4, 0.5) is 5.69 Å². The lowest BCUT2D eigenvalue weighted by Gasteiger charge is -2.09. The van der Waals surface area contributed by atoms with Crippen LogP contribution in [-0.4, -0.2) is 39.0 Å². The van der Waals surface area contributed by atoms with Gasteiger partial charge in [-0.3, -0.25) is 4.79 Å². The van der Waals surface area contributed by atoms with E-state index in [1.807, 2.05) is 26.0 Å². The molecular weight excluding hydrogens is 386 g/mol. The van der Waals surface area contributed by atoms with Crippen molar-refractivity contribution in [2.75, 3.05) is 18.2 Å². The van der Waals surface area contributed by atoms with Crippen molar-refractivity contribution in [3.63, 3.8) is 0 Å². The average Bonchev–Trinajstić information content (AvgIpc) is 3.08. The van der Waals surface area contributed by atoms with Gasteiger partial charge in [0.25, 0.3) is 0 Å². The number of carbonyl (C=O) groups excluding carboxylic acids is 1. The van der Waals surface area contributed by atoms with Crippen LogP contribution in [-0.2, 0) is 4.79 Å². The van der Waals surface area contributed by atoms with Crippen molar-refractivity contribution >= 4 is 35.0 Å². The summed E-state index contributed by atoms with van der Waals surface area (Å²) >= 11 is 7.33. The summed E-state index contributed by atoms with van der Waals surface area (Å²) in [6.45, 7) is 4.03. The maximum Gasteiger partial charge on any atom is 0.234 e. The number of ether oxygens (including phenoxy) is 1. The molecule has 1 N–H and O–H groups in total. The molecule has 7 nitrogen and oxygen atoms in total. The number of tetrazole rings is 1. The van der Waals surface area contributed by atoms with Crippen molar-refractivity contribution in [3.8, 4) is 11.4 Å². The highest BCUT2D eigenvalue weighted by Crippen LogP contribution is 2.27. The van der Waals surface area contributed by atoms with Gasteiger partial charge < -0.3 is 10.1 Å². The highest BCUT2D eigenvalue weighted by atomic mass is 35.5. The van der Waals surface area contributed by atoms with E-state index < -0.39 is 0 Å². The Kier molecular flexibility index (Phi) is 5.98. The molecule has 0 aliphatic rings. The second kappa shape index (κ2) is 8.41. The first kappa shape index (κ1) is 19.2. The van der Waals surface area contributed by atoms with Gasteiger partial charge in [0, 0.05) is 5.69 Å². The largest absolute Gasteiger partial charge is 0.495 e. The number of thioether (sulfide) groups is 1. The highest BCUT2D eigenvalue weighted by molar-refractivity contribution is 7.99. The third kappa shape index (κ3) is 4.58. The van der Waals surface area contributed by atoms with Crippen molar-refractivity contribution in [2.24, 2.45) is 0 Å². The predicted molar refractivity (Wildman–Crippen MR) is 106 cm³/mol. The van der Waals surface area contributed by atoms with Crippen LogP contribution in [0.25, 0.3) is 5.69 Å². The number of halogens is 1. The van der Waals surface area contributed by atoms with E-state index in [0.717, 1.165) is 16.8 Å². The van der Waals surface area contributed by atoms with Crippen molar-refractivity contribution in [1.82, 2.24) is 20.2 Å². The second-order valence-corrected chi connectivity index (χ2v) is 7.20. The maximum atomic E-state index is 12.2. The van der Waals surface area contributed by atoms with E-state index in [-0.39, 0.29) is 11.7 Å². The first-order chi connectivity index (χ1) is 13.0. The van der Waals surface area contributed by atoms with Crippen molar-refractivity contribution in [2.45, 2.75) is 19.0 Å². The standard InChI is InChI=1S/C18H18ClN5O2S/c1-11-4-6-15(12(2)8-11)24-18(21-22-23-24)27-10-17(25)20-13-5-7-16(26-3)14(19)9-13/h4-9H,10H2,1-3H3,(H,20,25). The molecule has 0 aliphatic heterocycles. The minimum absolute atomic E-state index is 0.162. The second-order valence-electron chi connectivity index (χ2n) is 5.85. The molecular formula is C18H18ClN5O2S. The summed E-state index contributed by atoms with van der Waals surface area (Å²) < 4.78 is 6.74. The Balaban J connectivity index is 1.66. The normalized spacial score (nSPS) is 10.7. The summed E-state index contributed by atoms with van der Waals surface area (Å²) in [5.41, 5.74) is 3.70. The molecule has 140 valence electrons. The van der Waals surface area contributed by atoms with Gasteiger partial charge in [0.2, 0.25) is 11.1 Å². The molecule has 2 aromatic carbocycles. The molecule has 9 heteroatoms. The van der Waals surface area contributed by atoms with E-state index in [9.17, 15) is 4.79 Å². The number of aryl methyl sites for hydroxylation is 2. The van der Waals surface area contributed by atoms with Crippen LogP contribution in [0.15, 0.2) is 41.6 Å². The lowest BCUT2D eigenvalue weighted by atomic mass is 10.1. The number of nitrogens with zero attached hydrogens (tertiary/aromatic N) is 4. The summed E-state index contributed by atoms with van der Waals surface area (Å²) in [5.74, 6) is 0.530. The topological polar surface area (TPSA) is 81.9 Å². The Labute approximate surface area is 166 Å². The number of aromatic nitrogens is 4. The molecule has 27 heavy (non-hydrogen) atoms. The lowest BCUT2D eigenvalue weighted by Crippen LogP contribution is -2.14. The van der Waals surface area contributed by atoms with Crippen molar-refractivity contribution in [1.29, 1.82) is 0 Å². The fourth-order valence-electron chi connectivity index (χ4n) is 2.53. The third-order valence-electron chi connectivity index (χ3n) is 3.79. The molecule has 0 fully saturated rings. The quantitative estimate of drug-likeness (QED) is 0.632. The third-order valence-corrected chi connectivity index (χ3v) is 5.00. The summed E-state index contributed by atoms with van der Waals surface area (Å²) in [7, 11) is 1.54. The number of amides is 1. The van der Waals surface area contributed by atoms with Gasteiger partial charge in [0.15, 0.2) is 0 Å². The number of anilines is 1. The SMILES string of the molecule is COc1ccc(NC(=O)CSc2nnnn2-c2ccc(C)cc2C)cc1Cl. The van der Waals surface area contributed by atoms with Gasteiger partial charge in [-0.05, 0) is 54.1 Å². The summed E-state index contributed by atoms with van der Waals surface area (Å²) in [6.07, 6.45) is 0. The number of benzene rings is 2. The molecule has 0 aliphatic carbocycles. The molecule has 0 saturated carbocycles. The number of rotatable bonds is 6. The fourth-order valence-corrected chi connectivity index (χ4v) is 3.48. The molecule has 3 rings (SSSR count). The molecule has 0 unspecified atom stereocenters. The highest BCUT2D eigenvalue weighted by Gasteiger charge is 2.13. The zero-order valence-corrected chi connectivity index (χ0v) is 16.6. The van der Waals surface area contributed by atoms with Crippen LogP contribution in [0.5, 0.6) is 5.75 Å². The predicted octanol–water partition coefficient (Wildman–Crippen LogP) is 3.67. The molecule has 0 spiro atoms. The van der Waals surface area contributed by atoms with Gasteiger partial charge in [-0.15, -0.1) is 5.10 Å². The number of nitrogens with one attached hydrogen (secondary N) is 1. The van der Waals surface area contributed by atoms with E-state index in [1.165, 1.54) is 18.9 Å². The van der Waals surface area contributed by atoms with E-state index in [4.69, 9.17) is 16.3 Å². The Morgan fingerprint density at radius 1 is 1.26 bits per heavy atom. The van der Waals surface area contributed by atoms with Gasteiger partial charge >= 0.3 is 0 Å². The summed E-state index contributed by atoms with van der Waals surface area (Å²) in [4.78, 5) is 12.2. The van der Waals surface area contributed by atoms with E-state index in [0.29, 0.717) is 21.6 Å². The summed E-state index contributed by atoms with van der Waals surface area (Å²) in [6, 6.07) is 11.1. The molecule has 0 radical (unpaired) electrons. The Bertz CT molecular complexity index is 976. The van der Waals surface area contributed by atoms with Gasteiger partial charge in [-0.2, -0.15) is 4.68 Å². The minimum atomic E-state index is -0.184. The van der Waals surface area contributed by atoms with Crippen LogP contribution in [0, 0.1) is 13.8 Å². The monoisotopic (exact) mass is 403 g/mol. The van der Waals surface area contributed by atoms with Crippen LogP contribution >= 0.6 is 23.4 Å².